The second-order valence-corrected chi connectivity index (χ2v) is 13.0. The Bertz CT molecular complexity index is 563. The summed E-state index contributed by atoms with van der Waals surface area (Å²) in [6, 6.07) is 7.68. The summed E-state index contributed by atoms with van der Waals surface area (Å²) in [5.74, 6) is -0.0200. The molecule has 1 rings (SSSR count). The van der Waals surface area contributed by atoms with Crippen LogP contribution in [0.15, 0.2) is 24.3 Å². The molecule has 148 valence electrons. The Kier molecular flexibility index (Phi) is 8.31. The van der Waals surface area contributed by atoms with Gasteiger partial charge in [-0.05, 0) is 49.2 Å². The maximum atomic E-state index is 11.0. The zero-order chi connectivity index (χ0) is 20.0. The van der Waals surface area contributed by atoms with Crippen LogP contribution in [0, 0.1) is 0 Å². The van der Waals surface area contributed by atoms with Crippen LogP contribution in [0.4, 0.5) is 0 Å². The molecule has 0 saturated carbocycles. The Labute approximate surface area is 158 Å². The average molecular weight is 383 g/mol. The molecular weight excluding hydrogens is 348 g/mol. The number of hydrogen-bond donors (Lipinski definition) is 1. The minimum absolute atomic E-state index is 0.0679. The molecular formula is C20H34O5Si. The zero-order valence-corrected chi connectivity index (χ0v) is 18.2. The predicted octanol–water partition coefficient (Wildman–Crippen LogP) is 4.86. The lowest BCUT2D eigenvalue weighted by molar-refractivity contribution is -0.138. The van der Waals surface area contributed by atoms with Crippen molar-refractivity contribution in [2.75, 3.05) is 7.11 Å². The van der Waals surface area contributed by atoms with Crippen molar-refractivity contribution < 1.29 is 23.8 Å². The van der Waals surface area contributed by atoms with Crippen molar-refractivity contribution in [3.05, 3.63) is 29.8 Å². The minimum Gasteiger partial charge on any atom is -0.497 e. The van der Waals surface area contributed by atoms with Crippen LogP contribution in [0.1, 0.15) is 46.1 Å². The summed E-state index contributed by atoms with van der Waals surface area (Å²) in [6.45, 7) is 13.4. The molecule has 0 radical (unpaired) electrons. The highest BCUT2D eigenvalue weighted by Crippen LogP contribution is 2.38. The molecule has 1 aromatic rings. The van der Waals surface area contributed by atoms with Crippen LogP contribution in [0.2, 0.25) is 18.1 Å². The molecule has 26 heavy (non-hydrogen) atoms. The topological polar surface area (TPSA) is 65.0 Å². The van der Waals surface area contributed by atoms with E-state index in [2.05, 4.69) is 33.9 Å². The first-order valence-corrected chi connectivity index (χ1v) is 12.0. The van der Waals surface area contributed by atoms with Gasteiger partial charge in [-0.1, -0.05) is 32.9 Å². The van der Waals surface area contributed by atoms with Crippen LogP contribution in [0.3, 0.4) is 0 Å². The van der Waals surface area contributed by atoms with Crippen LogP contribution in [0.5, 0.6) is 5.75 Å². The van der Waals surface area contributed by atoms with E-state index in [0.717, 1.165) is 11.3 Å². The van der Waals surface area contributed by atoms with Gasteiger partial charge in [0.05, 0.1) is 25.9 Å². The van der Waals surface area contributed by atoms with Crippen molar-refractivity contribution in [2.45, 2.75) is 77.5 Å². The van der Waals surface area contributed by atoms with Gasteiger partial charge in [-0.3, -0.25) is 4.79 Å². The Hall–Kier alpha value is -1.37. The van der Waals surface area contributed by atoms with Crippen LogP contribution < -0.4 is 4.74 Å². The molecule has 0 aliphatic rings. The van der Waals surface area contributed by atoms with Crippen LogP contribution in [0.25, 0.3) is 0 Å². The molecule has 2 atom stereocenters. The molecule has 0 saturated heterocycles. The number of ether oxygens (including phenoxy) is 2. The molecule has 1 aromatic carbocycles. The van der Waals surface area contributed by atoms with E-state index in [1.807, 2.05) is 31.2 Å². The fraction of sp³-hybridized carbons (Fsp3) is 0.650. The Morgan fingerprint density at radius 2 is 1.77 bits per heavy atom. The second-order valence-electron chi connectivity index (χ2n) is 8.21. The third-order valence-electron chi connectivity index (χ3n) is 5.08. The number of carboxylic acids is 1. The van der Waals surface area contributed by atoms with Gasteiger partial charge in [0.15, 0.2) is 8.32 Å². The highest BCUT2D eigenvalue weighted by molar-refractivity contribution is 6.74. The lowest BCUT2D eigenvalue weighted by Gasteiger charge is -2.40. The zero-order valence-electron chi connectivity index (χ0n) is 17.2. The first kappa shape index (κ1) is 22.7. The van der Waals surface area contributed by atoms with Crippen molar-refractivity contribution in [1.29, 1.82) is 0 Å². The normalized spacial score (nSPS) is 14.7. The summed E-state index contributed by atoms with van der Waals surface area (Å²) in [4.78, 5) is 11.0. The summed E-state index contributed by atoms with van der Waals surface area (Å²) in [5.41, 5.74) is 1.02. The molecule has 0 spiro atoms. The quantitative estimate of drug-likeness (QED) is 0.586. The van der Waals surface area contributed by atoms with E-state index in [9.17, 15) is 4.79 Å². The third-order valence-corrected chi connectivity index (χ3v) is 9.65. The van der Waals surface area contributed by atoms with Crippen molar-refractivity contribution in [1.82, 2.24) is 0 Å². The van der Waals surface area contributed by atoms with E-state index in [4.69, 9.17) is 19.0 Å². The van der Waals surface area contributed by atoms with Crippen molar-refractivity contribution >= 4 is 14.3 Å². The molecule has 0 heterocycles. The van der Waals surface area contributed by atoms with Gasteiger partial charge in [-0.25, -0.2) is 0 Å². The van der Waals surface area contributed by atoms with Gasteiger partial charge in [0.1, 0.15) is 5.75 Å². The SMILES string of the molecule is COc1ccc(CO[C@H](CCC(=O)O)[C@@H](C)O[Si](C)(C)C(C)(C)C)cc1. The molecule has 0 fully saturated rings. The second kappa shape index (κ2) is 9.53. The first-order chi connectivity index (χ1) is 12.0. The average Bonchev–Trinajstić information content (AvgIpc) is 2.53. The van der Waals surface area contributed by atoms with Gasteiger partial charge in [-0.15, -0.1) is 0 Å². The number of benzene rings is 1. The van der Waals surface area contributed by atoms with E-state index in [1.165, 1.54) is 0 Å². The van der Waals surface area contributed by atoms with Crippen LogP contribution >= 0.6 is 0 Å². The molecule has 0 aromatic heterocycles. The van der Waals surface area contributed by atoms with Gasteiger partial charge in [-0.2, -0.15) is 0 Å². The lowest BCUT2D eigenvalue weighted by Crippen LogP contribution is -2.46. The predicted molar refractivity (Wildman–Crippen MR) is 106 cm³/mol. The number of methoxy groups -OCH3 is 1. The molecule has 0 aliphatic heterocycles. The monoisotopic (exact) mass is 382 g/mol. The van der Waals surface area contributed by atoms with Crippen LogP contribution in [-0.4, -0.2) is 38.7 Å². The van der Waals surface area contributed by atoms with Gasteiger partial charge in [0, 0.05) is 6.42 Å². The molecule has 1 N–H and O–H groups in total. The van der Waals surface area contributed by atoms with Crippen LogP contribution in [-0.2, 0) is 20.6 Å². The number of hydrogen-bond acceptors (Lipinski definition) is 4. The van der Waals surface area contributed by atoms with Crippen molar-refractivity contribution in [2.24, 2.45) is 0 Å². The van der Waals surface area contributed by atoms with E-state index in [1.54, 1.807) is 7.11 Å². The van der Waals surface area contributed by atoms with Gasteiger partial charge < -0.3 is 19.0 Å². The smallest absolute Gasteiger partial charge is 0.303 e. The van der Waals surface area contributed by atoms with Crippen molar-refractivity contribution in [3.8, 4) is 5.75 Å². The lowest BCUT2D eigenvalue weighted by atomic mass is 10.1. The number of aliphatic carboxylic acids is 1. The molecule has 6 heteroatoms. The third kappa shape index (κ3) is 7.09. The fourth-order valence-corrected chi connectivity index (χ4v) is 3.80. The van der Waals surface area contributed by atoms with E-state index in [0.29, 0.717) is 13.0 Å². The molecule has 0 amide bonds. The standard InChI is InChI=1S/C20H34O5Si/c1-15(25-26(6,7)20(2,3)4)18(12-13-19(21)22)24-14-16-8-10-17(23-5)11-9-16/h8-11,15,18H,12-14H2,1-7H3,(H,21,22)/t15-,18-/m1/s1. The maximum Gasteiger partial charge on any atom is 0.303 e. The summed E-state index contributed by atoms with van der Waals surface area (Å²) < 4.78 is 17.7. The van der Waals surface area contributed by atoms with E-state index in [-0.39, 0.29) is 23.7 Å². The minimum atomic E-state index is -1.95. The highest BCUT2D eigenvalue weighted by atomic mass is 28.4. The summed E-state index contributed by atoms with van der Waals surface area (Å²) in [6.07, 6.45) is 0.0792. The summed E-state index contributed by atoms with van der Waals surface area (Å²) in [5, 5.41) is 9.14. The molecule has 0 bridgehead atoms. The highest BCUT2D eigenvalue weighted by Gasteiger charge is 2.39. The summed E-state index contributed by atoms with van der Waals surface area (Å²) in [7, 11) is -0.319. The van der Waals surface area contributed by atoms with Crippen molar-refractivity contribution in [3.63, 3.8) is 0 Å². The molecule has 0 aliphatic carbocycles. The van der Waals surface area contributed by atoms with Gasteiger partial charge >= 0.3 is 5.97 Å². The Morgan fingerprint density at radius 1 is 1.19 bits per heavy atom. The van der Waals surface area contributed by atoms with E-state index < -0.39 is 14.3 Å². The number of carbonyl (C=O) groups is 1. The maximum absolute atomic E-state index is 11.0. The van der Waals surface area contributed by atoms with Gasteiger partial charge in [0.25, 0.3) is 0 Å². The Balaban J connectivity index is 2.77. The van der Waals surface area contributed by atoms with E-state index >= 15 is 0 Å². The number of carboxylic acid groups (broad SMARTS) is 1. The number of rotatable bonds is 10. The van der Waals surface area contributed by atoms with Gasteiger partial charge in [0.2, 0.25) is 0 Å². The largest absolute Gasteiger partial charge is 0.497 e. The summed E-state index contributed by atoms with van der Waals surface area (Å²) >= 11 is 0. The fourth-order valence-electron chi connectivity index (χ4n) is 2.36. The Morgan fingerprint density at radius 3 is 2.23 bits per heavy atom. The molecule has 5 nitrogen and oxygen atoms in total. The first-order valence-electron chi connectivity index (χ1n) is 9.10. The molecule has 0 unspecified atom stereocenters.